The van der Waals surface area contributed by atoms with Crippen LogP contribution in [0.5, 0.6) is 0 Å². The Labute approximate surface area is 125 Å². The van der Waals surface area contributed by atoms with Gasteiger partial charge in [-0.25, -0.2) is 0 Å². The summed E-state index contributed by atoms with van der Waals surface area (Å²) in [4.78, 5) is 12.8. The van der Waals surface area contributed by atoms with Gasteiger partial charge in [0.2, 0.25) is 0 Å². The fourth-order valence-electron chi connectivity index (χ4n) is 3.50. The van der Waals surface area contributed by atoms with Gasteiger partial charge in [0.05, 0.1) is 0 Å². The molecule has 2 nitrogen and oxygen atoms in total. The number of aliphatic hydroxyl groups is 1. The van der Waals surface area contributed by atoms with E-state index in [1.807, 2.05) is 54.6 Å². The molecule has 0 saturated heterocycles. The molecule has 3 rings (SSSR count). The van der Waals surface area contributed by atoms with Gasteiger partial charge in [-0.05, 0) is 23.0 Å². The van der Waals surface area contributed by atoms with Crippen molar-refractivity contribution in [3.8, 4) is 0 Å². The van der Waals surface area contributed by atoms with Gasteiger partial charge >= 0.3 is 0 Å². The molecule has 108 valence electrons. The van der Waals surface area contributed by atoms with Crippen molar-refractivity contribution in [2.45, 2.75) is 37.7 Å². The molecular formula is C19H20O2. The lowest BCUT2D eigenvalue weighted by Gasteiger charge is -2.41. The summed E-state index contributed by atoms with van der Waals surface area (Å²) in [5.41, 5.74) is 1.15. The maximum Gasteiger partial charge on any atom is 0.195 e. The third kappa shape index (κ3) is 2.40. The summed E-state index contributed by atoms with van der Waals surface area (Å²) in [7, 11) is 0. The monoisotopic (exact) mass is 280 g/mol. The lowest BCUT2D eigenvalue weighted by atomic mass is 9.64. The smallest absolute Gasteiger partial charge is 0.195 e. The molecule has 2 aromatic rings. The summed E-state index contributed by atoms with van der Waals surface area (Å²) in [5.74, 6) is -0.152. The van der Waals surface area contributed by atoms with Gasteiger partial charge in [0, 0.05) is 12.0 Å². The first-order valence-electron chi connectivity index (χ1n) is 7.33. The van der Waals surface area contributed by atoms with Gasteiger partial charge in [-0.1, -0.05) is 68.4 Å². The average molecular weight is 280 g/mol. The highest BCUT2D eigenvalue weighted by atomic mass is 16.3. The Morgan fingerprint density at radius 2 is 1.62 bits per heavy atom. The van der Waals surface area contributed by atoms with Crippen LogP contribution in [0.4, 0.5) is 0 Å². The van der Waals surface area contributed by atoms with Gasteiger partial charge in [0.1, 0.15) is 5.60 Å². The first kappa shape index (κ1) is 14.0. The summed E-state index contributed by atoms with van der Waals surface area (Å²) in [5, 5.41) is 11.0. The first-order chi connectivity index (χ1) is 9.92. The second-order valence-corrected chi connectivity index (χ2v) is 6.63. The fraction of sp³-hybridized carbons (Fsp3) is 0.316. The molecule has 0 bridgehead atoms. The molecule has 0 heterocycles. The van der Waals surface area contributed by atoms with Crippen molar-refractivity contribution in [1.29, 1.82) is 0 Å². The number of carbonyl (C=O) groups is 1. The molecule has 1 N–H and O–H groups in total. The van der Waals surface area contributed by atoms with E-state index in [9.17, 15) is 9.90 Å². The van der Waals surface area contributed by atoms with Crippen molar-refractivity contribution in [1.82, 2.24) is 0 Å². The lowest BCUT2D eigenvalue weighted by molar-refractivity contribution is 0.0120. The molecule has 0 amide bonds. The molecule has 1 atom stereocenters. The minimum atomic E-state index is -1.32. The molecule has 2 heteroatoms. The number of carbonyl (C=O) groups excluding carboxylic acids is 1. The molecule has 0 saturated carbocycles. The third-order valence-electron chi connectivity index (χ3n) is 4.40. The van der Waals surface area contributed by atoms with E-state index in [2.05, 4.69) is 13.8 Å². The number of hydrogen-bond acceptors (Lipinski definition) is 2. The second kappa shape index (κ2) is 4.81. The van der Waals surface area contributed by atoms with Crippen molar-refractivity contribution in [2.24, 2.45) is 0 Å². The van der Waals surface area contributed by atoms with Crippen LogP contribution in [0.1, 0.15) is 41.8 Å². The van der Waals surface area contributed by atoms with Crippen molar-refractivity contribution in [3.05, 3.63) is 71.3 Å². The van der Waals surface area contributed by atoms with E-state index >= 15 is 0 Å². The molecule has 1 aliphatic carbocycles. The van der Waals surface area contributed by atoms with Crippen LogP contribution in [0, 0.1) is 0 Å². The van der Waals surface area contributed by atoms with Gasteiger partial charge in [-0.2, -0.15) is 0 Å². The van der Waals surface area contributed by atoms with Crippen LogP contribution in [0.15, 0.2) is 54.6 Å². The molecule has 21 heavy (non-hydrogen) atoms. The summed E-state index contributed by atoms with van der Waals surface area (Å²) in [6.07, 6.45) is 0.815. The SMILES string of the molecule is CC1(C)CC(O)(Cc2ccccc2)C(=O)c2ccccc21. The molecule has 0 aliphatic heterocycles. The molecular weight excluding hydrogens is 260 g/mol. The minimum absolute atomic E-state index is 0.152. The Kier molecular flexibility index (Phi) is 3.22. The standard InChI is InChI=1S/C19H20O2/c1-18(2)13-19(21,12-14-8-4-3-5-9-14)17(20)15-10-6-7-11-16(15)18/h3-11,21H,12-13H2,1-2H3. The highest BCUT2D eigenvalue weighted by Gasteiger charge is 2.47. The van der Waals surface area contributed by atoms with E-state index in [1.165, 1.54) is 0 Å². The summed E-state index contributed by atoms with van der Waals surface area (Å²) in [6, 6.07) is 17.4. The number of Topliss-reactive ketones (excluding diaryl/α,β-unsaturated/α-hetero) is 1. The van der Waals surface area contributed by atoms with Crippen LogP contribution in [0.2, 0.25) is 0 Å². The first-order valence-corrected chi connectivity index (χ1v) is 7.33. The average Bonchev–Trinajstić information content (AvgIpc) is 2.46. The van der Waals surface area contributed by atoms with E-state index in [0.29, 0.717) is 18.4 Å². The van der Waals surface area contributed by atoms with Crippen molar-refractivity contribution in [2.75, 3.05) is 0 Å². The number of hydrogen-bond donors (Lipinski definition) is 1. The molecule has 0 fully saturated rings. The Balaban J connectivity index is 2.04. The van der Waals surface area contributed by atoms with Crippen LogP contribution in [0.25, 0.3) is 0 Å². The van der Waals surface area contributed by atoms with E-state index in [1.54, 1.807) is 0 Å². The predicted octanol–water partition coefficient (Wildman–Crippen LogP) is 3.52. The molecule has 0 radical (unpaired) electrons. The molecule has 2 aromatic carbocycles. The lowest BCUT2D eigenvalue weighted by Crippen LogP contribution is -2.50. The zero-order valence-electron chi connectivity index (χ0n) is 12.5. The topological polar surface area (TPSA) is 37.3 Å². The Morgan fingerprint density at radius 3 is 2.33 bits per heavy atom. The van der Waals surface area contributed by atoms with E-state index in [-0.39, 0.29) is 11.2 Å². The van der Waals surface area contributed by atoms with Gasteiger partial charge in [-0.15, -0.1) is 0 Å². The summed E-state index contributed by atoms with van der Waals surface area (Å²) in [6.45, 7) is 4.18. The van der Waals surface area contributed by atoms with Gasteiger partial charge < -0.3 is 5.11 Å². The Bertz CT molecular complexity index is 673. The van der Waals surface area contributed by atoms with Crippen molar-refractivity contribution in [3.63, 3.8) is 0 Å². The number of benzene rings is 2. The number of fused-ring (bicyclic) bond motifs is 1. The zero-order chi connectivity index (χ0) is 15.1. The second-order valence-electron chi connectivity index (χ2n) is 6.63. The Hall–Kier alpha value is -1.93. The third-order valence-corrected chi connectivity index (χ3v) is 4.40. The molecule has 1 aliphatic rings. The Morgan fingerprint density at radius 1 is 1.00 bits per heavy atom. The van der Waals surface area contributed by atoms with Crippen LogP contribution in [-0.2, 0) is 11.8 Å². The minimum Gasteiger partial charge on any atom is -0.381 e. The van der Waals surface area contributed by atoms with Gasteiger partial charge in [0.15, 0.2) is 5.78 Å². The van der Waals surface area contributed by atoms with Gasteiger partial charge in [0.25, 0.3) is 0 Å². The van der Waals surface area contributed by atoms with E-state index in [4.69, 9.17) is 0 Å². The van der Waals surface area contributed by atoms with Gasteiger partial charge in [-0.3, -0.25) is 4.79 Å². The summed E-state index contributed by atoms with van der Waals surface area (Å²) < 4.78 is 0. The highest BCUT2D eigenvalue weighted by Crippen LogP contribution is 2.42. The van der Waals surface area contributed by atoms with Crippen molar-refractivity contribution < 1.29 is 9.90 Å². The largest absolute Gasteiger partial charge is 0.381 e. The number of ketones is 1. The fourth-order valence-corrected chi connectivity index (χ4v) is 3.50. The molecule has 0 spiro atoms. The van der Waals surface area contributed by atoms with Crippen molar-refractivity contribution >= 4 is 5.78 Å². The predicted molar refractivity (Wildman–Crippen MR) is 83.5 cm³/mol. The van der Waals surface area contributed by atoms with Crippen LogP contribution >= 0.6 is 0 Å². The van der Waals surface area contributed by atoms with E-state index in [0.717, 1.165) is 11.1 Å². The molecule has 0 aromatic heterocycles. The maximum absolute atomic E-state index is 12.8. The van der Waals surface area contributed by atoms with Crippen LogP contribution in [0.3, 0.4) is 0 Å². The maximum atomic E-state index is 12.8. The quantitative estimate of drug-likeness (QED) is 0.913. The van der Waals surface area contributed by atoms with Crippen LogP contribution in [-0.4, -0.2) is 16.5 Å². The zero-order valence-corrected chi connectivity index (χ0v) is 12.5. The number of rotatable bonds is 2. The molecule has 1 unspecified atom stereocenters. The summed E-state index contributed by atoms with van der Waals surface area (Å²) >= 11 is 0. The van der Waals surface area contributed by atoms with E-state index < -0.39 is 5.60 Å². The highest BCUT2D eigenvalue weighted by molar-refractivity contribution is 6.05. The normalized spacial score (nSPS) is 23.7. The van der Waals surface area contributed by atoms with Crippen LogP contribution < -0.4 is 0 Å².